The van der Waals surface area contributed by atoms with Crippen LogP contribution in [0.5, 0.6) is 5.75 Å². The fourth-order valence-corrected chi connectivity index (χ4v) is 1.60. The summed E-state index contributed by atoms with van der Waals surface area (Å²) >= 11 is 0. The van der Waals surface area contributed by atoms with E-state index in [4.69, 9.17) is 5.11 Å². The third-order valence-electron chi connectivity index (χ3n) is 2.39. The summed E-state index contributed by atoms with van der Waals surface area (Å²) in [5.74, 6) is -0.465. The van der Waals surface area contributed by atoms with Crippen molar-refractivity contribution >= 4 is 10.9 Å². The molecule has 0 bridgehead atoms. The number of phenolic OH excluding ortho intramolecular Hbond substituents is 1. The second-order valence-electron chi connectivity index (χ2n) is 3.75. The highest BCUT2D eigenvalue weighted by Gasteiger charge is 2.39. The smallest absolute Gasteiger partial charge is 0.433 e. The molecule has 8 heteroatoms. The lowest BCUT2D eigenvalue weighted by atomic mass is 10.1. The van der Waals surface area contributed by atoms with Gasteiger partial charge in [0.05, 0.1) is 11.1 Å². The molecule has 1 aromatic heterocycles. The van der Waals surface area contributed by atoms with Crippen molar-refractivity contribution in [3.63, 3.8) is 0 Å². The lowest BCUT2D eigenvalue weighted by Crippen LogP contribution is -2.13. The topological polar surface area (TPSA) is 33.1 Å². The first kappa shape index (κ1) is 13.4. The maximum Gasteiger partial charge on any atom is 0.433 e. The molecular weight excluding hydrogens is 276 g/mol. The van der Waals surface area contributed by atoms with Crippen molar-refractivity contribution in [3.8, 4) is 5.75 Å². The molecule has 0 spiro atoms. The number of nitrogens with zero attached hydrogens (tertiary/aromatic N) is 1. The minimum absolute atomic E-state index is 0.0423. The molecule has 2 aromatic rings. The highest BCUT2D eigenvalue weighted by atomic mass is 19.4. The van der Waals surface area contributed by atoms with Crippen LogP contribution in [0.3, 0.4) is 0 Å². The largest absolute Gasteiger partial charge is 0.508 e. The van der Waals surface area contributed by atoms with Crippen molar-refractivity contribution in [3.05, 3.63) is 35.5 Å². The molecule has 0 aliphatic heterocycles. The zero-order valence-electron chi connectivity index (χ0n) is 8.97. The molecule has 0 fully saturated rings. The van der Waals surface area contributed by atoms with Gasteiger partial charge in [0.25, 0.3) is 0 Å². The Hall–Kier alpha value is -1.99. The first-order chi connectivity index (χ1) is 8.59. The van der Waals surface area contributed by atoms with Gasteiger partial charge in [0, 0.05) is 11.5 Å². The van der Waals surface area contributed by atoms with Gasteiger partial charge in [-0.25, -0.2) is 4.98 Å². The summed E-state index contributed by atoms with van der Waals surface area (Å²) in [5.41, 5.74) is -3.66. The zero-order chi connectivity index (χ0) is 14.4. The molecular formula is C11H5F6NO. The maximum atomic E-state index is 12.7. The van der Waals surface area contributed by atoms with E-state index in [0.717, 1.165) is 18.2 Å². The fraction of sp³-hybridized carbons (Fsp3) is 0.182. The number of aromatic nitrogens is 1. The molecule has 0 atom stereocenters. The second kappa shape index (κ2) is 4.01. The number of hydrogen-bond acceptors (Lipinski definition) is 2. The molecule has 2 rings (SSSR count). The van der Waals surface area contributed by atoms with Crippen LogP contribution in [0.2, 0.25) is 0 Å². The lowest BCUT2D eigenvalue weighted by Gasteiger charge is -2.14. The molecule has 1 aromatic carbocycles. The van der Waals surface area contributed by atoms with Gasteiger partial charge in [0.1, 0.15) is 11.4 Å². The summed E-state index contributed by atoms with van der Waals surface area (Å²) in [6.45, 7) is 0. The number of benzene rings is 1. The van der Waals surface area contributed by atoms with E-state index in [0.29, 0.717) is 0 Å². The van der Waals surface area contributed by atoms with Crippen molar-refractivity contribution in [2.75, 3.05) is 0 Å². The third-order valence-corrected chi connectivity index (χ3v) is 2.39. The first-order valence-electron chi connectivity index (χ1n) is 4.87. The number of fused-ring (bicyclic) bond motifs is 1. The van der Waals surface area contributed by atoms with E-state index in [1.54, 1.807) is 0 Å². The number of phenols is 1. The van der Waals surface area contributed by atoms with E-state index in [1.807, 2.05) is 0 Å². The van der Waals surface area contributed by atoms with Crippen LogP contribution < -0.4 is 0 Å². The Morgan fingerprint density at radius 1 is 0.895 bits per heavy atom. The molecule has 19 heavy (non-hydrogen) atoms. The van der Waals surface area contributed by atoms with Crippen LogP contribution in [-0.4, -0.2) is 10.1 Å². The Labute approximate surface area is 102 Å². The Morgan fingerprint density at radius 2 is 1.53 bits per heavy atom. The van der Waals surface area contributed by atoms with E-state index in [-0.39, 0.29) is 6.07 Å². The number of hydrogen-bond donors (Lipinski definition) is 1. The van der Waals surface area contributed by atoms with Gasteiger partial charge >= 0.3 is 12.4 Å². The average Bonchev–Trinajstić information content (AvgIpc) is 2.24. The highest BCUT2D eigenvalue weighted by Crippen LogP contribution is 2.38. The minimum Gasteiger partial charge on any atom is -0.508 e. The van der Waals surface area contributed by atoms with Gasteiger partial charge in [-0.3, -0.25) is 0 Å². The normalized spacial score (nSPS) is 12.9. The quantitative estimate of drug-likeness (QED) is 0.741. The molecule has 102 valence electrons. The van der Waals surface area contributed by atoms with Crippen LogP contribution in [0.4, 0.5) is 26.3 Å². The molecule has 1 N–H and O–H groups in total. The van der Waals surface area contributed by atoms with Crippen LogP contribution in [-0.2, 0) is 12.4 Å². The van der Waals surface area contributed by atoms with Gasteiger partial charge in [-0.1, -0.05) is 0 Å². The zero-order valence-corrected chi connectivity index (χ0v) is 8.97. The number of alkyl halides is 6. The number of rotatable bonds is 0. The molecule has 0 saturated carbocycles. The fourth-order valence-electron chi connectivity index (χ4n) is 1.60. The van der Waals surface area contributed by atoms with E-state index in [1.165, 1.54) is 0 Å². The number of halogens is 6. The average molecular weight is 281 g/mol. The summed E-state index contributed by atoms with van der Waals surface area (Å²) in [4.78, 5) is 3.10. The van der Waals surface area contributed by atoms with Gasteiger partial charge in [0.15, 0.2) is 0 Å². The molecule has 2 nitrogen and oxygen atoms in total. The van der Waals surface area contributed by atoms with E-state index < -0.39 is 40.3 Å². The van der Waals surface area contributed by atoms with E-state index in [9.17, 15) is 26.3 Å². The molecule has 0 saturated heterocycles. The Balaban J connectivity index is 2.84. The van der Waals surface area contributed by atoms with Gasteiger partial charge in [-0.15, -0.1) is 0 Å². The van der Waals surface area contributed by atoms with Crippen LogP contribution in [0.1, 0.15) is 11.3 Å². The van der Waals surface area contributed by atoms with Crippen molar-refractivity contribution in [2.24, 2.45) is 0 Å². The van der Waals surface area contributed by atoms with Gasteiger partial charge in [0.2, 0.25) is 0 Å². The summed E-state index contributed by atoms with van der Waals surface area (Å²) < 4.78 is 75.7. The monoisotopic (exact) mass is 281 g/mol. The maximum absolute atomic E-state index is 12.7. The van der Waals surface area contributed by atoms with Gasteiger partial charge < -0.3 is 5.11 Å². The Bertz CT molecular complexity index is 631. The predicted molar refractivity (Wildman–Crippen MR) is 53.4 cm³/mol. The Morgan fingerprint density at radius 3 is 2.05 bits per heavy atom. The van der Waals surface area contributed by atoms with Crippen LogP contribution >= 0.6 is 0 Å². The summed E-state index contributed by atoms with van der Waals surface area (Å²) in [7, 11) is 0. The summed E-state index contributed by atoms with van der Waals surface area (Å²) in [6.07, 6.45) is -9.95. The van der Waals surface area contributed by atoms with Gasteiger partial charge in [-0.2, -0.15) is 26.3 Å². The molecule has 0 aliphatic carbocycles. The van der Waals surface area contributed by atoms with Crippen LogP contribution in [0, 0.1) is 0 Å². The molecule has 0 radical (unpaired) electrons. The van der Waals surface area contributed by atoms with Crippen LogP contribution in [0.15, 0.2) is 24.3 Å². The Kier molecular flexibility index (Phi) is 2.83. The highest BCUT2D eigenvalue weighted by molar-refractivity contribution is 5.84. The van der Waals surface area contributed by atoms with Crippen molar-refractivity contribution < 1.29 is 31.4 Å². The number of aromatic hydroxyl groups is 1. The SMILES string of the molecule is Oc1ccc2c(C(F)(F)F)cc(C(F)(F)F)nc2c1. The molecule has 1 heterocycles. The molecule has 0 unspecified atom stereocenters. The standard InChI is InChI=1S/C11H5F6NO/c12-10(13,14)7-4-9(11(15,16)17)18-8-3-5(19)1-2-6(7)8/h1-4,19H. The van der Waals surface area contributed by atoms with Crippen molar-refractivity contribution in [2.45, 2.75) is 12.4 Å². The van der Waals surface area contributed by atoms with E-state index in [2.05, 4.69) is 4.98 Å². The summed E-state index contributed by atoms with van der Waals surface area (Å²) in [6, 6.07) is 2.53. The van der Waals surface area contributed by atoms with Crippen molar-refractivity contribution in [1.82, 2.24) is 4.98 Å². The third kappa shape index (κ3) is 2.56. The predicted octanol–water partition coefficient (Wildman–Crippen LogP) is 3.98. The van der Waals surface area contributed by atoms with Gasteiger partial charge in [-0.05, 0) is 18.2 Å². The molecule has 0 aliphatic rings. The van der Waals surface area contributed by atoms with Crippen LogP contribution in [0.25, 0.3) is 10.9 Å². The first-order valence-corrected chi connectivity index (χ1v) is 4.87. The minimum atomic E-state index is -5.00. The van der Waals surface area contributed by atoms with E-state index >= 15 is 0 Å². The lowest BCUT2D eigenvalue weighted by molar-refractivity contribution is -0.144. The number of pyridine rings is 1. The molecule has 0 amide bonds. The summed E-state index contributed by atoms with van der Waals surface area (Å²) in [5, 5.41) is 8.61. The second-order valence-corrected chi connectivity index (χ2v) is 3.75. The van der Waals surface area contributed by atoms with Crippen molar-refractivity contribution in [1.29, 1.82) is 0 Å².